The Bertz CT molecular complexity index is 673. The minimum absolute atomic E-state index is 0.0244. The van der Waals surface area contributed by atoms with E-state index in [9.17, 15) is 4.79 Å². The third-order valence-electron chi connectivity index (χ3n) is 3.81. The van der Waals surface area contributed by atoms with Crippen LogP contribution in [-0.4, -0.2) is 37.4 Å². The van der Waals surface area contributed by atoms with E-state index in [-0.39, 0.29) is 12.5 Å². The Hall–Kier alpha value is -1.63. The van der Waals surface area contributed by atoms with Gasteiger partial charge in [-0.25, -0.2) is 0 Å². The van der Waals surface area contributed by atoms with Crippen LogP contribution in [0.2, 0.25) is 0 Å². The number of rotatable bonds is 4. The highest BCUT2D eigenvalue weighted by atomic mass is 79.9. The molecule has 0 aliphatic heterocycles. The van der Waals surface area contributed by atoms with Gasteiger partial charge < -0.3 is 4.90 Å². The van der Waals surface area contributed by atoms with Crippen LogP contribution in [0.3, 0.4) is 0 Å². The first-order valence-electron chi connectivity index (χ1n) is 6.72. The van der Waals surface area contributed by atoms with Gasteiger partial charge in [-0.15, -0.1) is 0 Å². The lowest BCUT2D eigenvalue weighted by Crippen LogP contribution is -2.30. The SMILES string of the molecule is Cc1nn(C)c(C)c1CN(C)C(=O)Cn1ncc(Br)c1C. The molecule has 2 rings (SSSR count). The Balaban J connectivity index is 2.08. The van der Waals surface area contributed by atoms with E-state index in [0.717, 1.165) is 27.1 Å². The van der Waals surface area contributed by atoms with E-state index < -0.39 is 0 Å². The number of hydrogen-bond donors (Lipinski definition) is 0. The Morgan fingerprint density at radius 3 is 2.48 bits per heavy atom. The summed E-state index contributed by atoms with van der Waals surface area (Å²) >= 11 is 3.40. The van der Waals surface area contributed by atoms with Gasteiger partial charge in [-0.3, -0.25) is 14.2 Å². The first-order chi connectivity index (χ1) is 9.81. The first kappa shape index (κ1) is 15.8. The summed E-state index contributed by atoms with van der Waals surface area (Å²) < 4.78 is 4.46. The summed E-state index contributed by atoms with van der Waals surface area (Å²) in [5, 5.41) is 8.57. The van der Waals surface area contributed by atoms with E-state index >= 15 is 0 Å². The fraction of sp³-hybridized carbons (Fsp3) is 0.500. The van der Waals surface area contributed by atoms with Crippen molar-refractivity contribution in [3.63, 3.8) is 0 Å². The first-order valence-corrected chi connectivity index (χ1v) is 7.51. The van der Waals surface area contributed by atoms with Gasteiger partial charge in [0.15, 0.2) is 0 Å². The maximum absolute atomic E-state index is 12.3. The molecule has 0 N–H and O–H groups in total. The van der Waals surface area contributed by atoms with E-state index in [0.29, 0.717) is 6.54 Å². The summed E-state index contributed by atoms with van der Waals surface area (Å²) in [5.41, 5.74) is 4.11. The number of aromatic nitrogens is 4. The highest BCUT2D eigenvalue weighted by Gasteiger charge is 2.17. The summed E-state index contributed by atoms with van der Waals surface area (Å²) in [6, 6.07) is 0. The van der Waals surface area contributed by atoms with Crippen molar-refractivity contribution in [2.75, 3.05) is 7.05 Å². The van der Waals surface area contributed by atoms with Crippen LogP contribution in [0.1, 0.15) is 22.6 Å². The van der Waals surface area contributed by atoms with Gasteiger partial charge in [0, 0.05) is 31.9 Å². The molecule has 0 unspecified atom stereocenters. The molecule has 0 radical (unpaired) electrons. The molecule has 0 fully saturated rings. The molecular formula is C14H20BrN5O. The minimum Gasteiger partial charge on any atom is -0.340 e. The van der Waals surface area contributed by atoms with Crippen molar-refractivity contribution in [1.82, 2.24) is 24.5 Å². The molecule has 21 heavy (non-hydrogen) atoms. The Labute approximate surface area is 132 Å². The zero-order valence-corrected chi connectivity index (χ0v) is 14.6. The van der Waals surface area contributed by atoms with E-state index in [1.165, 1.54) is 0 Å². The molecule has 2 heterocycles. The van der Waals surface area contributed by atoms with E-state index in [4.69, 9.17) is 0 Å². The van der Waals surface area contributed by atoms with Crippen molar-refractivity contribution < 1.29 is 4.79 Å². The molecule has 1 amide bonds. The predicted octanol–water partition coefficient (Wildman–Crippen LogP) is 1.96. The number of amides is 1. The summed E-state index contributed by atoms with van der Waals surface area (Å²) in [6.45, 7) is 6.72. The number of carbonyl (C=O) groups excluding carboxylic acids is 1. The lowest BCUT2D eigenvalue weighted by molar-refractivity contribution is -0.131. The second kappa shape index (κ2) is 6.01. The predicted molar refractivity (Wildman–Crippen MR) is 83.8 cm³/mol. The number of likely N-dealkylation sites (N-methyl/N-ethyl adjacent to an activating group) is 1. The zero-order valence-electron chi connectivity index (χ0n) is 13.0. The van der Waals surface area contributed by atoms with Crippen molar-refractivity contribution in [1.29, 1.82) is 0 Å². The third kappa shape index (κ3) is 3.18. The normalized spacial score (nSPS) is 11.0. The summed E-state index contributed by atoms with van der Waals surface area (Å²) in [7, 11) is 3.72. The van der Waals surface area contributed by atoms with E-state index in [1.54, 1.807) is 15.8 Å². The van der Waals surface area contributed by atoms with Crippen molar-refractivity contribution in [3.8, 4) is 0 Å². The van der Waals surface area contributed by atoms with Crippen molar-refractivity contribution >= 4 is 21.8 Å². The lowest BCUT2D eigenvalue weighted by Gasteiger charge is -2.18. The smallest absolute Gasteiger partial charge is 0.244 e. The minimum atomic E-state index is 0.0244. The van der Waals surface area contributed by atoms with Crippen LogP contribution < -0.4 is 0 Å². The van der Waals surface area contributed by atoms with Gasteiger partial charge in [-0.1, -0.05) is 0 Å². The molecule has 0 spiro atoms. The number of carbonyl (C=O) groups is 1. The van der Waals surface area contributed by atoms with Crippen LogP contribution in [0.5, 0.6) is 0 Å². The Kier molecular flexibility index (Phi) is 4.51. The summed E-state index contributed by atoms with van der Waals surface area (Å²) in [4.78, 5) is 14.0. The van der Waals surface area contributed by atoms with Crippen molar-refractivity contribution in [3.05, 3.63) is 33.3 Å². The fourth-order valence-electron chi connectivity index (χ4n) is 2.20. The van der Waals surface area contributed by atoms with Crippen LogP contribution in [0.25, 0.3) is 0 Å². The quantitative estimate of drug-likeness (QED) is 0.844. The molecule has 0 aliphatic rings. The standard InChI is InChI=1S/C14H20BrN5O/c1-9-12(10(2)19(5)17-9)7-18(4)14(21)8-20-11(3)13(15)6-16-20/h6H,7-8H2,1-5H3. The molecule has 0 aromatic carbocycles. The highest BCUT2D eigenvalue weighted by molar-refractivity contribution is 9.10. The third-order valence-corrected chi connectivity index (χ3v) is 4.59. The van der Waals surface area contributed by atoms with Crippen LogP contribution in [0.15, 0.2) is 10.7 Å². The lowest BCUT2D eigenvalue weighted by atomic mass is 10.2. The molecular weight excluding hydrogens is 334 g/mol. The maximum Gasteiger partial charge on any atom is 0.244 e. The molecule has 2 aromatic rings. The maximum atomic E-state index is 12.3. The van der Waals surface area contributed by atoms with Gasteiger partial charge >= 0.3 is 0 Å². The molecule has 7 heteroatoms. The summed E-state index contributed by atoms with van der Waals surface area (Å²) in [6.07, 6.45) is 1.71. The Morgan fingerprint density at radius 1 is 1.33 bits per heavy atom. The number of hydrogen-bond acceptors (Lipinski definition) is 3. The average Bonchev–Trinajstić information content (AvgIpc) is 2.86. The second-order valence-electron chi connectivity index (χ2n) is 5.26. The van der Waals surface area contributed by atoms with Crippen molar-refractivity contribution in [2.45, 2.75) is 33.9 Å². The Morgan fingerprint density at radius 2 is 2.00 bits per heavy atom. The molecule has 0 aliphatic carbocycles. The highest BCUT2D eigenvalue weighted by Crippen LogP contribution is 2.16. The van der Waals surface area contributed by atoms with Crippen LogP contribution >= 0.6 is 15.9 Å². The van der Waals surface area contributed by atoms with Gasteiger partial charge in [0.05, 0.1) is 22.1 Å². The van der Waals surface area contributed by atoms with Crippen LogP contribution in [0.4, 0.5) is 0 Å². The summed E-state index contributed by atoms with van der Waals surface area (Å²) in [5.74, 6) is 0.0244. The van der Waals surface area contributed by atoms with Crippen LogP contribution in [-0.2, 0) is 24.9 Å². The molecule has 0 atom stereocenters. The molecule has 0 saturated heterocycles. The largest absolute Gasteiger partial charge is 0.340 e. The molecule has 0 saturated carbocycles. The number of nitrogens with zero attached hydrogens (tertiary/aromatic N) is 5. The van der Waals surface area contributed by atoms with Gasteiger partial charge in [-0.2, -0.15) is 10.2 Å². The second-order valence-corrected chi connectivity index (χ2v) is 6.11. The molecule has 0 bridgehead atoms. The van der Waals surface area contributed by atoms with E-state index in [2.05, 4.69) is 26.1 Å². The molecule has 114 valence electrons. The van der Waals surface area contributed by atoms with Gasteiger partial charge in [0.1, 0.15) is 6.54 Å². The number of halogens is 1. The van der Waals surface area contributed by atoms with Gasteiger partial charge in [0.25, 0.3) is 0 Å². The number of aryl methyl sites for hydroxylation is 2. The van der Waals surface area contributed by atoms with Gasteiger partial charge in [0.2, 0.25) is 5.91 Å². The average molecular weight is 354 g/mol. The topological polar surface area (TPSA) is 56.0 Å². The van der Waals surface area contributed by atoms with Crippen molar-refractivity contribution in [2.24, 2.45) is 7.05 Å². The van der Waals surface area contributed by atoms with Crippen LogP contribution in [0, 0.1) is 20.8 Å². The van der Waals surface area contributed by atoms with E-state index in [1.807, 2.05) is 39.5 Å². The monoisotopic (exact) mass is 353 g/mol. The molecule has 2 aromatic heterocycles. The fourth-order valence-corrected chi connectivity index (χ4v) is 2.50. The molecule has 6 nitrogen and oxygen atoms in total. The zero-order chi connectivity index (χ0) is 15.7. The van der Waals surface area contributed by atoms with Gasteiger partial charge in [-0.05, 0) is 36.7 Å².